The molecule has 7 nitrogen and oxygen atoms in total. The maximum absolute atomic E-state index is 12.8. The van der Waals surface area contributed by atoms with E-state index in [1.165, 1.54) is 28.5 Å². The first kappa shape index (κ1) is 19.6. The molecule has 1 fully saturated rings. The number of amides is 1. The Kier molecular flexibility index (Phi) is 5.38. The normalized spacial score (nSPS) is 14.4. The lowest BCUT2D eigenvalue weighted by atomic mass is 10.1. The van der Waals surface area contributed by atoms with Crippen LogP contribution >= 0.6 is 22.9 Å². The number of nitro groups is 1. The van der Waals surface area contributed by atoms with E-state index in [0.29, 0.717) is 26.2 Å². The fraction of sp³-hybridized carbons (Fsp3) is 0.300. The molecule has 1 saturated heterocycles. The number of aromatic nitrogens is 1. The number of nitro benzene ring substituents is 1. The number of aryl methyl sites for hydroxylation is 1. The Morgan fingerprint density at radius 3 is 2.66 bits per heavy atom. The molecule has 0 aliphatic carbocycles. The Morgan fingerprint density at radius 2 is 1.97 bits per heavy atom. The number of rotatable bonds is 4. The van der Waals surface area contributed by atoms with E-state index in [-0.39, 0.29) is 22.2 Å². The Hall–Kier alpha value is -2.71. The largest absolute Gasteiger partial charge is 0.345 e. The first-order valence-corrected chi connectivity index (χ1v) is 10.5. The van der Waals surface area contributed by atoms with Gasteiger partial charge in [-0.1, -0.05) is 35.9 Å². The van der Waals surface area contributed by atoms with E-state index in [1.54, 1.807) is 16.2 Å². The highest BCUT2D eigenvalue weighted by molar-refractivity contribution is 7.22. The molecule has 1 aliphatic heterocycles. The first-order chi connectivity index (χ1) is 14.0. The number of benzene rings is 2. The van der Waals surface area contributed by atoms with E-state index >= 15 is 0 Å². The highest BCUT2D eigenvalue weighted by Gasteiger charge is 2.26. The number of hydrogen-bond acceptors (Lipinski definition) is 6. The quantitative estimate of drug-likeness (QED) is 0.453. The van der Waals surface area contributed by atoms with Gasteiger partial charge in [-0.05, 0) is 30.2 Å². The molecular formula is C20H19ClN4O3S. The van der Waals surface area contributed by atoms with Crippen molar-refractivity contribution in [1.82, 2.24) is 9.88 Å². The van der Waals surface area contributed by atoms with Crippen LogP contribution in [0.15, 0.2) is 36.4 Å². The topological polar surface area (TPSA) is 79.6 Å². The summed E-state index contributed by atoms with van der Waals surface area (Å²) in [4.78, 5) is 31.9. The van der Waals surface area contributed by atoms with Gasteiger partial charge in [0.05, 0.1) is 25.7 Å². The van der Waals surface area contributed by atoms with Gasteiger partial charge in [0.25, 0.3) is 11.6 Å². The maximum Gasteiger partial charge on any atom is 0.270 e. The Balaban J connectivity index is 1.47. The van der Waals surface area contributed by atoms with Crippen LogP contribution in [0.4, 0.5) is 10.8 Å². The molecule has 3 aromatic rings. The van der Waals surface area contributed by atoms with Crippen molar-refractivity contribution in [2.24, 2.45) is 0 Å². The standard InChI is InChI=1S/C20H19ClN4O3S/c1-2-13-3-6-17-18(11-13)29-20(22-17)24-9-7-23(8-10-24)19(26)15-12-14(25(27)28)4-5-16(15)21/h3-6,11-12H,2,7-10H2,1H3. The average molecular weight is 431 g/mol. The van der Waals surface area contributed by atoms with E-state index in [9.17, 15) is 14.9 Å². The van der Waals surface area contributed by atoms with E-state index < -0.39 is 4.92 Å². The average Bonchev–Trinajstić information content (AvgIpc) is 3.16. The summed E-state index contributed by atoms with van der Waals surface area (Å²) in [6.07, 6.45) is 0.990. The van der Waals surface area contributed by atoms with Gasteiger partial charge < -0.3 is 9.80 Å². The summed E-state index contributed by atoms with van der Waals surface area (Å²) in [5.74, 6) is -0.282. The first-order valence-electron chi connectivity index (χ1n) is 9.34. The van der Waals surface area contributed by atoms with E-state index in [2.05, 4.69) is 30.0 Å². The molecule has 0 radical (unpaired) electrons. The number of piperazine rings is 1. The number of non-ortho nitro benzene ring substituents is 1. The van der Waals surface area contributed by atoms with Gasteiger partial charge in [-0.3, -0.25) is 14.9 Å². The summed E-state index contributed by atoms with van der Waals surface area (Å²) in [5.41, 5.74) is 2.31. The molecular weight excluding hydrogens is 412 g/mol. The minimum atomic E-state index is -0.526. The van der Waals surface area contributed by atoms with Gasteiger partial charge in [0, 0.05) is 38.3 Å². The maximum atomic E-state index is 12.8. The second-order valence-electron chi connectivity index (χ2n) is 6.85. The summed E-state index contributed by atoms with van der Waals surface area (Å²) in [5, 5.41) is 12.2. The van der Waals surface area contributed by atoms with Crippen molar-refractivity contribution in [2.75, 3.05) is 31.1 Å². The highest BCUT2D eigenvalue weighted by Crippen LogP contribution is 2.31. The Bertz CT molecular complexity index is 1090. The fourth-order valence-corrected chi connectivity index (χ4v) is 4.65. The van der Waals surface area contributed by atoms with Gasteiger partial charge in [0.2, 0.25) is 0 Å². The van der Waals surface area contributed by atoms with Crippen LogP contribution in [-0.4, -0.2) is 46.9 Å². The Morgan fingerprint density at radius 1 is 1.21 bits per heavy atom. The lowest BCUT2D eigenvalue weighted by Crippen LogP contribution is -2.48. The lowest BCUT2D eigenvalue weighted by molar-refractivity contribution is -0.384. The van der Waals surface area contributed by atoms with Gasteiger partial charge in [-0.25, -0.2) is 4.98 Å². The smallest absolute Gasteiger partial charge is 0.270 e. The molecule has 0 unspecified atom stereocenters. The van der Waals surface area contributed by atoms with Gasteiger partial charge >= 0.3 is 0 Å². The highest BCUT2D eigenvalue weighted by atomic mass is 35.5. The minimum Gasteiger partial charge on any atom is -0.345 e. The van der Waals surface area contributed by atoms with Crippen molar-refractivity contribution in [2.45, 2.75) is 13.3 Å². The number of halogens is 1. The number of hydrogen-bond donors (Lipinski definition) is 0. The fourth-order valence-electron chi connectivity index (χ4n) is 3.37. The van der Waals surface area contributed by atoms with Gasteiger partial charge in [0.15, 0.2) is 5.13 Å². The molecule has 0 N–H and O–H groups in total. The molecule has 1 amide bonds. The monoisotopic (exact) mass is 430 g/mol. The van der Waals surface area contributed by atoms with Crippen LogP contribution in [0.2, 0.25) is 5.02 Å². The number of carbonyl (C=O) groups is 1. The summed E-state index contributed by atoms with van der Waals surface area (Å²) >= 11 is 7.78. The molecule has 2 heterocycles. The summed E-state index contributed by atoms with van der Waals surface area (Å²) in [7, 11) is 0. The molecule has 0 saturated carbocycles. The summed E-state index contributed by atoms with van der Waals surface area (Å²) in [6, 6.07) is 10.3. The third-order valence-electron chi connectivity index (χ3n) is 5.08. The molecule has 9 heteroatoms. The number of thiazole rings is 1. The SMILES string of the molecule is CCc1ccc2nc(N3CCN(C(=O)c4cc([N+](=O)[O-])ccc4Cl)CC3)sc2c1. The molecule has 1 aromatic heterocycles. The van der Waals surface area contributed by atoms with Crippen molar-refractivity contribution in [3.05, 3.63) is 62.7 Å². The van der Waals surface area contributed by atoms with Crippen LogP contribution in [0.25, 0.3) is 10.2 Å². The van der Waals surface area contributed by atoms with Crippen LogP contribution in [0.3, 0.4) is 0 Å². The van der Waals surface area contributed by atoms with Crippen LogP contribution in [0, 0.1) is 10.1 Å². The van der Waals surface area contributed by atoms with E-state index in [1.807, 2.05) is 0 Å². The number of fused-ring (bicyclic) bond motifs is 1. The summed E-state index contributed by atoms with van der Waals surface area (Å²) < 4.78 is 1.17. The van der Waals surface area contributed by atoms with Crippen LogP contribution in [0.1, 0.15) is 22.8 Å². The Labute approximate surface area is 176 Å². The predicted molar refractivity (Wildman–Crippen MR) is 115 cm³/mol. The van der Waals surface area contributed by atoms with Crippen molar-refractivity contribution >= 4 is 49.9 Å². The van der Waals surface area contributed by atoms with Crippen molar-refractivity contribution in [1.29, 1.82) is 0 Å². The van der Waals surface area contributed by atoms with Crippen LogP contribution in [-0.2, 0) is 6.42 Å². The van der Waals surface area contributed by atoms with E-state index in [0.717, 1.165) is 17.1 Å². The molecule has 1 aliphatic rings. The number of anilines is 1. The molecule has 0 atom stereocenters. The van der Waals surface area contributed by atoms with Crippen molar-refractivity contribution < 1.29 is 9.72 Å². The number of carbonyl (C=O) groups excluding carboxylic acids is 1. The van der Waals surface area contributed by atoms with Crippen molar-refractivity contribution in [3.8, 4) is 0 Å². The number of nitrogens with zero attached hydrogens (tertiary/aromatic N) is 4. The van der Waals surface area contributed by atoms with Gasteiger partial charge in [-0.15, -0.1) is 0 Å². The molecule has 4 rings (SSSR count). The van der Waals surface area contributed by atoms with Crippen molar-refractivity contribution in [3.63, 3.8) is 0 Å². The minimum absolute atomic E-state index is 0.141. The van der Waals surface area contributed by atoms with Gasteiger partial charge in [-0.2, -0.15) is 0 Å². The zero-order chi connectivity index (χ0) is 20.5. The third kappa shape index (κ3) is 3.90. The molecule has 2 aromatic carbocycles. The lowest BCUT2D eigenvalue weighted by Gasteiger charge is -2.34. The van der Waals surface area contributed by atoms with Crippen LogP contribution in [0.5, 0.6) is 0 Å². The zero-order valence-corrected chi connectivity index (χ0v) is 17.4. The zero-order valence-electron chi connectivity index (χ0n) is 15.8. The van der Waals surface area contributed by atoms with Crippen LogP contribution < -0.4 is 4.90 Å². The predicted octanol–water partition coefficient (Wildman–Crippen LogP) is 4.38. The third-order valence-corrected chi connectivity index (χ3v) is 6.49. The molecule has 29 heavy (non-hydrogen) atoms. The second-order valence-corrected chi connectivity index (χ2v) is 8.27. The van der Waals surface area contributed by atoms with Gasteiger partial charge in [0.1, 0.15) is 0 Å². The molecule has 0 spiro atoms. The molecule has 150 valence electrons. The van der Waals surface area contributed by atoms with E-state index in [4.69, 9.17) is 16.6 Å². The summed E-state index contributed by atoms with van der Waals surface area (Å²) in [6.45, 7) is 4.45. The second kappa shape index (κ2) is 7.96. The molecule has 0 bridgehead atoms.